The summed E-state index contributed by atoms with van der Waals surface area (Å²) in [5.74, 6) is -0.173. The molecule has 2 aliphatic rings. The van der Waals surface area contributed by atoms with Crippen LogP contribution in [0.25, 0.3) is 0 Å². The van der Waals surface area contributed by atoms with Gasteiger partial charge >= 0.3 is 0 Å². The number of carbonyl (C=O) groups excluding carboxylic acids is 1. The van der Waals surface area contributed by atoms with Gasteiger partial charge in [0.2, 0.25) is 0 Å². The van der Waals surface area contributed by atoms with Gasteiger partial charge in [-0.1, -0.05) is 12.1 Å². The Kier molecular flexibility index (Phi) is 6.63. The van der Waals surface area contributed by atoms with Crippen LogP contribution in [0.5, 0.6) is 0 Å². The topological polar surface area (TPSA) is 103 Å². The zero-order valence-corrected chi connectivity index (χ0v) is 17.8. The molecule has 4 rings (SSSR count). The van der Waals surface area contributed by atoms with Crippen molar-refractivity contribution in [3.8, 4) is 6.07 Å². The monoisotopic (exact) mass is 435 g/mol. The van der Waals surface area contributed by atoms with E-state index >= 15 is 0 Å². The molecule has 2 heterocycles. The van der Waals surface area contributed by atoms with Crippen LogP contribution in [0.15, 0.2) is 42.5 Å². The standard InChI is InChI=1S/C23H25N5O4/c24-16-18-1-3-19(4-2-18)17-25-7-9-27(10-8-25)23(29)21-15-20(28(30)31)5-6-22(21)26-11-13-32-14-12-26/h1-6,15H,7-14,17H2. The Hall–Kier alpha value is -3.48. The summed E-state index contributed by atoms with van der Waals surface area (Å²) in [6.07, 6.45) is 0. The number of non-ortho nitro benzene ring substituents is 1. The minimum atomic E-state index is -0.463. The third-order valence-electron chi connectivity index (χ3n) is 5.92. The van der Waals surface area contributed by atoms with Gasteiger partial charge in [-0.25, -0.2) is 0 Å². The molecule has 2 aliphatic heterocycles. The zero-order chi connectivity index (χ0) is 22.5. The SMILES string of the molecule is N#Cc1ccc(CN2CCN(C(=O)c3cc([N+](=O)[O-])ccc3N3CCOCC3)CC2)cc1. The van der Waals surface area contributed by atoms with Gasteiger partial charge in [0.05, 0.1) is 41.0 Å². The first kappa shape index (κ1) is 21.7. The fourth-order valence-electron chi connectivity index (χ4n) is 4.11. The van der Waals surface area contributed by atoms with Crippen molar-refractivity contribution < 1.29 is 14.5 Å². The Morgan fingerprint density at radius 3 is 2.34 bits per heavy atom. The first-order valence-electron chi connectivity index (χ1n) is 10.7. The normalized spacial score (nSPS) is 17.1. The van der Waals surface area contributed by atoms with Gasteiger partial charge in [-0.15, -0.1) is 0 Å². The summed E-state index contributed by atoms with van der Waals surface area (Å²) in [4.78, 5) is 30.3. The summed E-state index contributed by atoms with van der Waals surface area (Å²) in [6.45, 7) is 5.73. The molecule has 0 spiro atoms. The van der Waals surface area contributed by atoms with Crippen molar-refractivity contribution in [2.75, 3.05) is 57.4 Å². The Labute approximate surface area is 186 Å². The van der Waals surface area contributed by atoms with Crippen molar-refractivity contribution in [3.63, 3.8) is 0 Å². The number of benzene rings is 2. The minimum absolute atomic E-state index is 0.0789. The molecule has 0 saturated carbocycles. The molecule has 0 radical (unpaired) electrons. The minimum Gasteiger partial charge on any atom is -0.378 e. The maximum atomic E-state index is 13.4. The molecular weight excluding hydrogens is 410 g/mol. The second kappa shape index (κ2) is 9.77. The molecule has 2 aromatic carbocycles. The van der Waals surface area contributed by atoms with Gasteiger partial charge in [-0.3, -0.25) is 19.8 Å². The molecule has 2 fully saturated rings. The Bertz CT molecular complexity index is 1020. The summed E-state index contributed by atoms with van der Waals surface area (Å²) < 4.78 is 5.41. The highest BCUT2D eigenvalue weighted by Crippen LogP contribution is 2.28. The van der Waals surface area contributed by atoms with Crippen molar-refractivity contribution in [1.82, 2.24) is 9.80 Å². The van der Waals surface area contributed by atoms with E-state index in [1.807, 2.05) is 24.3 Å². The van der Waals surface area contributed by atoms with Crippen molar-refractivity contribution in [2.24, 2.45) is 0 Å². The van der Waals surface area contributed by atoms with E-state index in [2.05, 4.69) is 15.9 Å². The number of hydrogen-bond acceptors (Lipinski definition) is 7. The van der Waals surface area contributed by atoms with E-state index in [4.69, 9.17) is 10.00 Å². The molecular formula is C23H25N5O4. The predicted molar refractivity (Wildman–Crippen MR) is 118 cm³/mol. The number of morpholine rings is 1. The Morgan fingerprint density at radius 2 is 1.72 bits per heavy atom. The zero-order valence-electron chi connectivity index (χ0n) is 17.8. The number of nitro groups is 1. The molecule has 9 heteroatoms. The molecule has 2 aromatic rings. The van der Waals surface area contributed by atoms with Crippen LogP contribution in [0, 0.1) is 21.4 Å². The summed E-state index contributed by atoms with van der Waals surface area (Å²) >= 11 is 0. The van der Waals surface area contributed by atoms with Crippen LogP contribution >= 0.6 is 0 Å². The first-order valence-corrected chi connectivity index (χ1v) is 10.7. The van der Waals surface area contributed by atoms with E-state index in [1.165, 1.54) is 12.1 Å². The lowest BCUT2D eigenvalue weighted by molar-refractivity contribution is -0.384. The van der Waals surface area contributed by atoms with Crippen LogP contribution in [0.4, 0.5) is 11.4 Å². The van der Waals surface area contributed by atoms with Crippen molar-refractivity contribution in [2.45, 2.75) is 6.54 Å². The van der Waals surface area contributed by atoms with Crippen LogP contribution in [0.2, 0.25) is 0 Å². The van der Waals surface area contributed by atoms with Crippen LogP contribution in [-0.4, -0.2) is 73.1 Å². The van der Waals surface area contributed by atoms with E-state index < -0.39 is 4.92 Å². The van der Waals surface area contributed by atoms with E-state index in [0.717, 1.165) is 17.8 Å². The second-order valence-electron chi connectivity index (χ2n) is 7.94. The van der Waals surface area contributed by atoms with Gasteiger partial charge in [0, 0.05) is 57.9 Å². The number of hydrogen-bond donors (Lipinski definition) is 0. The summed E-state index contributed by atoms with van der Waals surface area (Å²) in [7, 11) is 0. The van der Waals surface area contributed by atoms with Crippen LogP contribution in [0.1, 0.15) is 21.5 Å². The number of nitrogens with zero attached hydrogens (tertiary/aromatic N) is 5. The average Bonchev–Trinajstić information content (AvgIpc) is 2.84. The molecule has 2 saturated heterocycles. The first-order chi connectivity index (χ1) is 15.5. The largest absolute Gasteiger partial charge is 0.378 e. The van der Waals surface area contributed by atoms with E-state index in [0.29, 0.717) is 63.6 Å². The van der Waals surface area contributed by atoms with Gasteiger partial charge in [0.1, 0.15) is 0 Å². The number of ether oxygens (including phenoxy) is 1. The smallest absolute Gasteiger partial charge is 0.270 e. The van der Waals surface area contributed by atoms with Crippen molar-refractivity contribution >= 4 is 17.3 Å². The number of anilines is 1. The summed E-state index contributed by atoms with van der Waals surface area (Å²) in [5, 5.41) is 20.2. The van der Waals surface area contributed by atoms with E-state index in [1.54, 1.807) is 11.0 Å². The molecule has 0 N–H and O–H groups in total. The molecule has 0 aromatic heterocycles. The molecule has 32 heavy (non-hydrogen) atoms. The average molecular weight is 435 g/mol. The van der Waals surface area contributed by atoms with Crippen LogP contribution in [0.3, 0.4) is 0 Å². The third kappa shape index (κ3) is 4.88. The Balaban J connectivity index is 1.45. The van der Waals surface area contributed by atoms with Crippen LogP contribution < -0.4 is 4.90 Å². The molecule has 0 unspecified atom stereocenters. The highest BCUT2D eigenvalue weighted by atomic mass is 16.6. The van der Waals surface area contributed by atoms with Crippen molar-refractivity contribution in [1.29, 1.82) is 5.26 Å². The Morgan fingerprint density at radius 1 is 1.03 bits per heavy atom. The quantitative estimate of drug-likeness (QED) is 0.524. The lowest BCUT2D eigenvalue weighted by Crippen LogP contribution is -2.48. The molecule has 166 valence electrons. The number of carbonyl (C=O) groups is 1. The second-order valence-corrected chi connectivity index (χ2v) is 7.94. The number of piperazine rings is 1. The summed E-state index contributed by atoms with van der Waals surface area (Å²) in [6, 6.07) is 14.2. The maximum Gasteiger partial charge on any atom is 0.270 e. The number of nitro benzene ring substituents is 1. The lowest BCUT2D eigenvalue weighted by atomic mass is 10.1. The maximum absolute atomic E-state index is 13.4. The molecule has 0 atom stereocenters. The number of rotatable bonds is 5. The molecule has 1 amide bonds. The molecule has 0 bridgehead atoms. The highest BCUT2D eigenvalue weighted by molar-refractivity contribution is 6.00. The molecule has 0 aliphatic carbocycles. The van der Waals surface area contributed by atoms with E-state index in [-0.39, 0.29) is 11.6 Å². The number of amides is 1. The van der Waals surface area contributed by atoms with Gasteiger partial charge in [-0.05, 0) is 23.8 Å². The van der Waals surface area contributed by atoms with E-state index in [9.17, 15) is 14.9 Å². The van der Waals surface area contributed by atoms with Crippen LogP contribution in [-0.2, 0) is 11.3 Å². The predicted octanol–water partition coefficient (Wildman–Crippen LogP) is 2.26. The lowest BCUT2D eigenvalue weighted by Gasteiger charge is -2.36. The highest BCUT2D eigenvalue weighted by Gasteiger charge is 2.27. The van der Waals surface area contributed by atoms with Crippen molar-refractivity contribution in [3.05, 3.63) is 69.3 Å². The fourth-order valence-corrected chi connectivity index (χ4v) is 4.11. The number of nitriles is 1. The van der Waals surface area contributed by atoms with Gasteiger partial charge in [0.15, 0.2) is 0 Å². The fraction of sp³-hybridized carbons (Fsp3) is 0.391. The van der Waals surface area contributed by atoms with Gasteiger partial charge in [0.25, 0.3) is 11.6 Å². The van der Waals surface area contributed by atoms with Gasteiger partial charge < -0.3 is 14.5 Å². The van der Waals surface area contributed by atoms with Gasteiger partial charge in [-0.2, -0.15) is 5.26 Å². The third-order valence-corrected chi connectivity index (χ3v) is 5.92. The molecule has 9 nitrogen and oxygen atoms in total. The summed E-state index contributed by atoms with van der Waals surface area (Å²) in [5.41, 5.74) is 2.78.